The van der Waals surface area contributed by atoms with Gasteiger partial charge < -0.3 is 4.74 Å². The summed E-state index contributed by atoms with van der Waals surface area (Å²) in [6.45, 7) is 17.0. The van der Waals surface area contributed by atoms with E-state index in [4.69, 9.17) is 9.13 Å². The van der Waals surface area contributed by atoms with Crippen molar-refractivity contribution < 1.29 is 4.74 Å². The Labute approximate surface area is 110 Å². The second-order valence-corrected chi connectivity index (χ2v) is 7.43. The van der Waals surface area contributed by atoms with Gasteiger partial charge in [-0.1, -0.05) is 41.5 Å². The Morgan fingerprint density at radius 1 is 1.00 bits per heavy atom. The van der Waals surface area contributed by atoms with Crippen LogP contribution in [-0.2, 0) is 4.74 Å². The van der Waals surface area contributed by atoms with E-state index in [1.54, 1.807) is 12.1 Å². The van der Waals surface area contributed by atoms with Crippen LogP contribution in [0.3, 0.4) is 0 Å². The van der Waals surface area contributed by atoms with Crippen LogP contribution in [0.2, 0.25) is 0 Å². The Hall–Kier alpha value is -0.0600. The van der Waals surface area contributed by atoms with Gasteiger partial charge in [0, 0.05) is 29.6 Å². The lowest BCUT2D eigenvalue weighted by atomic mass is 9.75. The highest BCUT2D eigenvalue weighted by atomic mass is 32.2. The Kier molecular flexibility index (Phi) is 5.05. The van der Waals surface area contributed by atoms with Crippen molar-refractivity contribution in [2.24, 2.45) is 15.2 Å². The van der Waals surface area contributed by atoms with Gasteiger partial charge in [0.15, 0.2) is 0 Å². The molecule has 1 aliphatic heterocycles. The lowest BCUT2D eigenvalue weighted by molar-refractivity contribution is 0.0773. The summed E-state index contributed by atoms with van der Waals surface area (Å²) in [5, 5.41) is 0. The van der Waals surface area contributed by atoms with Crippen LogP contribution in [0.1, 0.15) is 41.5 Å². The third-order valence-electron chi connectivity index (χ3n) is 2.64. The molecule has 0 aromatic carbocycles. The van der Waals surface area contributed by atoms with Gasteiger partial charge in [-0.15, -0.1) is 0 Å². The highest BCUT2D eigenvalue weighted by Crippen LogP contribution is 2.32. The molecule has 17 heavy (non-hydrogen) atoms. The van der Waals surface area contributed by atoms with Gasteiger partial charge in [-0.05, 0) is 0 Å². The van der Waals surface area contributed by atoms with Crippen molar-refractivity contribution in [1.82, 2.24) is 4.31 Å². The van der Waals surface area contributed by atoms with E-state index in [0.717, 1.165) is 26.3 Å². The second kappa shape index (κ2) is 5.72. The molecule has 100 valence electrons. The maximum atomic E-state index is 5.34. The van der Waals surface area contributed by atoms with Crippen LogP contribution < -0.4 is 0 Å². The number of rotatable bonds is 2. The van der Waals surface area contributed by atoms with Crippen LogP contribution in [0.4, 0.5) is 0 Å². The molecule has 1 rings (SSSR count). The summed E-state index contributed by atoms with van der Waals surface area (Å²) < 4.78 is 12.4. The topological polar surface area (TPSA) is 24.8 Å². The van der Waals surface area contributed by atoms with E-state index in [-0.39, 0.29) is 10.8 Å². The maximum absolute atomic E-state index is 5.34. The summed E-state index contributed by atoms with van der Waals surface area (Å²) in [6.07, 6.45) is 0. The Morgan fingerprint density at radius 2 is 1.47 bits per heavy atom. The summed E-state index contributed by atoms with van der Waals surface area (Å²) in [5.74, 6) is 0. The summed E-state index contributed by atoms with van der Waals surface area (Å²) in [7, 11) is 0. The number of hydrogen-bond acceptors (Lipinski definition) is 4. The minimum atomic E-state index is 0.123. The highest BCUT2D eigenvalue weighted by Gasteiger charge is 2.30. The molecular formula is C13H26N2OS. The zero-order valence-corrected chi connectivity index (χ0v) is 12.9. The second-order valence-electron chi connectivity index (χ2n) is 6.56. The Balaban J connectivity index is 2.70. The van der Waals surface area contributed by atoms with Gasteiger partial charge in [0.25, 0.3) is 0 Å². The molecule has 1 saturated heterocycles. The monoisotopic (exact) mass is 258 g/mol. The van der Waals surface area contributed by atoms with E-state index >= 15 is 0 Å². The van der Waals surface area contributed by atoms with Crippen LogP contribution >= 0.6 is 12.1 Å². The van der Waals surface area contributed by atoms with Gasteiger partial charge in [0.05, 0.1) is 25.3 Å². The molecule has 0 aliphatic carbocycles. The largest absolute Gasteiger partial charge is 0.379 e. The molecule has 1 heterocycles. The highest BCUT2D eigenvalue weighted by molar-refractivity contribution is 7.95. The summed E-state index contributed by atoms with van der Waals surface area (Å²) in [5.41, 5.74) is 1.51. The van der Waals surface area contributed by atoms with Crippen molar-refractivity contribution in [3.63, 3.8) is 0 Å². The third-order valence-corrected chi connectivity index (χ3v) is 3.50. The van der Waals surface area contributed by atoms with Gasteiger partial charge in [-0.2, -0.15) is 0 Å². The van der Waals surface area contributed by atoms with Crippen LogP contribution in [0.15, 0.2) is 4.40 Å². The van der Waals surface area contributed by atoms with E-state index in [1.807, 2.05) is 0 Å². The van der Waals surface area contributed by atoms with E-state index < -0.39 is 0 Å². The lowest BCUT2D eigenvalue weighted by Gasteiger charge is -2.33. The molecular weight excluding hydrogens is 232 g/mol. The molecule has 0 amide bonds. The van der Waals surface area contributed by atoms with E-state index in [2.05, 4.69) is 45.8 Å². The number of nitrogens with zero attached hydrogens (tertiary/aromatic N) is 2. The first-order valence-electron chi connectivity index (χ1n) is 6.30. The predicted octanol–water partition coefficient (Wildman–Crippen LogP) is 3.42. The average molecular weight is 258 g/mol. The molecule has 0 aromatic heterocycles. The van der Waals surface area contributed by atoms with E-state index in [0.29, 0.717) is 0 Å². The minimum Gasteiger partial charge on any atom is -0.379 e. The van der Waals surface area contributed by atoms with Gasteiger partial charge in [0.1, 0.15) is 0 Å². The predicted molar refractivity (Wildman–Crippen MR) is 76.3 cm³/mol. The minimum absolute atomic E-state index is 0.123. The zero-order chi connectivity index (χ0) is 13.1. The molecule has 3 nitrogen and oxygen atoms in total. The molecule has 0 saturated carbocycles. The first-order chi connectivity index (χ1) is 7.71. The molecule has 1 aliphatic rings. The van der Waals surface area contributed by atoms with Crippen molar-refractivity contribution in [2.45, 2.75) is 41.5 Å². The van der Waals surface area contributed by atoms with Crippen molar-refractivity contribution in [2.75, 3.05) is 26.3 Å². The smallest absolute Gasteiger partial charge is 0.0617 e. The zero-order valence-electron chi connectivity index (χ0n) is 12.0. The van der Waals surface area contributed by atoms with Crippen LogP contribution in [0, 0.1) is 10.8 Å². The average Bonchev–Trinajstić information content (AvgIpc) is 2.15. The summed E-state index contributed by atoms with van der Waals surface area (Å²) in [4.78, 5) is 0. The van der Waals surface area contributed by atoms with Crippen LogP contribution in [0.5, 0.6) is 0 Å². The molecule has 1 fully saturated rings. The van der Waals surface area contributed by atoms with Crippen LogP contribution in [-0.4, -0.2) is 36.3 Å². The molecule has 4 heteroatoms. The molecule has 0 bridgehead atoms. The summed E-state index contributed by atoms with van der Waals surface area (Å²) >= 11 is 1.60. The fraction of sp³-hybridized carbons (Fsp3) is 0.923. The molecule has 0 N–H and O–H groups in total. The normalized spacial score (nSPS) is 19.2. The molecule has 0 unspecified atom stereocenters. The first-order valence-corrected chi connectivity index (χ1v) is 7.03. The SMILES string of the molecule is CC(C)(C)C(=NSN1CCOCC1)C(C)(C)C. The molecule has 0 spiro atoms. The number of hydrogen-bond donors (Lipinski definition) is 0. The van der Waals surface area contributed by atoms with E-state index in [9.17, 15) is 0 Å². The molecule has 0 aromatic rings. The van der Waals surface area contributed by atoms with Gasteiger partial charge in [0.2, 0.25) is 0 Å². The molecule has 0 radical (unpaired) electrons. The molecule has 0 atom stereocenters. The van der Waals surface area contributed by atoms with Crippen LogP contribution in [0.25, 0.3) is 0 Å². The van der Waals surface area contributed by atoms with Crippen molar-refractivity contribution in [3.05, 3.63) is 0 Å². The van der Waals surface area contributed by atoms with Crippen molar-refractivity contribution in [1.29, 1.82) is 0 Å². The fourth-order valence-corrected chi connectivity index (χ4v) is 3.18. The number of ether oxygens (including phenoxy) is 1. The number of morpholine rings is 1. The van der Waals surface area contributed by atoms with Crippen molar-refractivity contribution in [3.8, 4) is 0 Å². The standard InChI is InChI=1S/C13H26N2OS/c1-12(2,3)11(13(4,5)6)14-17-15-7-9-16-10-8-15/h7-10H2,1-6H3. The third kappa shape index (κ3) is 4.98. The lowest BCUT2D eigenvalue weighted by Crippen LogP contribution is -2.34. The van der Waals surface area contributed by atoms with Gasteiger partial charge in [-0.25, -0.2) is 8.70 Å². The Bertz CT molecular complexity index is 254. The van der Waals surface area contributed by atoms with Gasteiger partial charge in [-0.3, -0.25) is 0 Å². The fourth-order valence-electron chi connectivity index (χ4n) is 2.13. The maximum Gasteiger partial charge on any atom is 0.0617 e. The van der Waals surface area contributed by atoms with E-state index in [1.165, 1.54) is 5.71 Å². The summed E-state index contributed by atoms with van der Waals surface area (Å²) in [6, 6.07) is 0. The Morgan fingerprint density at radius 3 is 1.88 bits per heavy atom. The quantitative estimate of drug-likeness (QED) is 0.560. The van der Waals surface area contributed by atoms with Crippen molar-refractivity contribution >= 4 is 17.8 Å². The first kappa shape index (κ1) is 15.0. The van der Waals surface area contributed by atoms with Gasteiger partial charge >= 0.3 is 0 Å².